The maximum atomic E-state index is 13.1. The van der Waals surface area contributed by atoms with E-state index in [0.717, 1.165) is 35.3 Å². The lowest BCUT2D eigenvalue weighted by atomic mass is 10.1. The van der Waals surface area contributed by atoms with Crippen molar-refractivity contribution < 1.29 is 9.59 Å². The molecule has 0 spiro atoms. The SMILES string of the molecule is CNC(=O)c1cccc(NC(=O)c2cnn(-c3ccc(C)c(Cl)c3)c2C2CC2)c1C. The van der Waals surface area contributed by atoms with Gasteiger partial charge in [-0.25, -0.2) is 4.68 Å². The van der Waals surface area contributed by atoms with E-state index < -0.39 is 0 Å². The molecule has 2 aromatic carbocycles. The van der Waals surface area contributed by atoms with Gasteiger partial charge in [-0.05, 0) is 62.1 Å². The van der Waals surface area contributed by atoms with Gasteiger partial charge in [0.05, 0.1) is 23.1 Å². The molecule has 1 aliphatic rings. The summed E-state index contributed by atoms with van der Waals surface area (Å²) >= 11 is 6.30. The van der Waals surface area contributed by atoms with Crippen LogP contribution in [0.5, 0.6) is 0 Å². The van der Waals surface area contributed by atoms with Crippen LogP contribution < -0.4 is 10.6 Å². The van der Waals surface area contributed by atoms with Crippen LogP contribution in [0.15, 0.2) is 42.6 Å². The van der Waals surface area contributed by atoms with E-state index >= 15 is 0 Å². The van der Waals surface area contributed by atoms with E-state index in [-0.39, 0.29) is 11.8 Å². The largest absolute Gasteiger partial charge is 0.355 e. The van der Waals surface area contributed by atoms with Gasteiger partial charge in [0.2, 0.25) is 0 Å². The van der Waals surface area contributed by atoms with Crippen molar-refractivity contribution in [3.8, 4) is 5.69 Å². The zero-order valence-electron chi connectivity index (χ0n) is 17.1. The minimum absolute atomic E-state index is 0.189. The van der Waals surface area contributed by atoms with Crippen molar-refractivity contribution in [1.29, 1.82) is 0 Å². The molecule has 0 radical (unpaired) electrons. The molecule has 0 saturated heterocycles. The number of rotatable bonds is 5. The molecule has 0 unspecified atom stereocenters. The Bertz CT molecular complexity index is 1150. The highest BCUT2D eigenvalue weighted by Gasteiger charge is 2.33. The fraction of sp³-hybridized carbons (Fsp3) is 0.261. The Hall–Kier alpha value is -3.12. The minimum atomic E-state index is -0.237. The van der Waals surface area contributed by atoms with E-state index in [9.17, 15) is 9.59 Å². The summed E-state index contributed by atoms with van der Waals surface area (Å²) in [6.07, 6.45) is 3.65. The fourth-order valence-electron chi connectivity index (χ4n) is 3.54. The van der Waals surface area contributed by atoms with Crippen molar-refractivity contribution in [1.82, 2.24) is 15.1 Å². The van der Waals surface area contributed by atoms with Crippen molar-refractivity contribution in [2.75, 3.05) is 12.4 Å². The Balaban J connectivity index is 1.68. The van der Waals surface area contributed by atoms with Gasteiger partial charge in [-0.3, -0.25) is 9.59 Å². The van der Waals surface area contributed by atoms with Crippen LogP contribution >= 0.6 is 11.6 Å². The Labute approximate surface area is 180 Å². The molecule has 0 atom stereocenters. The fourth-order valence-corrected chi connectivity index (χ4v) is 3.72. The molecule has 1 fully saturated rings. The lowest BCUT2D eigenvalue weighted by Crippen LogP contribution is -2.20. The average Bonchev–Trinajstić information content (AvgIpc) is 3.48. The molecular weight excluding hydrogens is 400 g/mol. The molecule has 3 aromatic rings. The highest BCUT2D eigenvalue weighted by atomic mass is 35.5. The zero-order chi connectivity index (χ0) is 21.4. The monoisotopic (exact) mass is 422 g/mol. The molecule has 0 bridgehead atoms. The number of nitrogens with one attached hydrogen (secondary N) is 2. The third-order valence-electron chi connectivity index (χ3n) is 5.47. The van der Waals surface area contributed by atoms with Crippen LogP contribution in [-0.2, 0) is 0 Å². The number of nitrogens with zero attached hydrogens (tertiary/aromatic N) is 2. The molecule has 2 N–H and O–H groups in total. The summed E-state index contributed by atoms with van der Waals surface area (Å²) in [5.74, 6) is -0.128. The van der Waals surface area contributed by atoms with Crippen LogP contribution in [0.3, 0.4) is 0 Å². The van der Waals surface area contributed by atoms with E-state index in [2.05, 4.69) is 15.7 Å². The van der Waals surface area contributed by atoms with E-state index in [0.29, 0.717) is 27.8 Å². The molecule has 6 nitrogen and oxygen atoms in total. The van der Waals surface area contributed by atoms with Gasteiger partial charge in [-0.15, -0.1) is 0 Å². The molecule has 30 heavy (non-hydrogen) atoms. The first kappa shape index (κ1) is 20.2. The second-order valence-electron chi connectivity index (χ2n) is 7.57. The normalized spacial score (nSPS) is 13.2. The van der Waals surface area contributed by atoms with Gasteiger partial charge in [0.1, 0.15) is 0 Å². The zero-order valence-corrected chi connectivity index (χ0v) is 17.9. The van der Waals surface area contributed by atoms with Gasteiger partial charge in [0.15, 0.2) is 0 Å². The molecule has 154 valence electrons. The van der Waals surface area contributed by atoms with Crippen molar-refractivity contribution >= 4 is 29.1 Å². The van der Waals surface area contributed by atoms with E-state index in [1.165, 1.54) is 0 Å². The van der Waals surface area contributed by atoms with Crippen molar-refractivity contribution in [3.05, 3.63) is 75.6 Å². The first-order valence-corrected chi connectivity index (χ1v) is 10.3. The van der Waals surface area contributed by atoms with Crippen molar-refractivity contribution in [2.24, 2.45) is 0 Å². The van der Waals surface area contributed by atoms with Crippen molar-refractivity contribution in [3.63, 3.8) is 0 Å². The topological polar surface area (TPSA) is 76.0 Å². The van der Waals surface area contributed by atoms with Gasteiger partial charge < -0.3 is 10.6 Å². The van der Waals surface area contributed by atoms with Crippen LogP contribution in [0, 0.1) is 13.8 Å². The highest BCUT2D eigenvalue weighted by Crippen LogP contribution is 2.43. The van der Waals surface area contributed by atoms with Crippen molar-refractivity contribution in [2.45, 2.75) is 32.6 Å². The summed E-state index contributed by atoms with van der Waals surface area (Å²) < 4.78 is 1.81. The van der Waals surface area contributed by atoms with E-state index in [1.54, 1.807) is 31.4 Å². The Morgan fingerprint density at radius 3 is 2.53 bits per heavy atom. The summed E-state index contributed by atoms with van der Waals surface area (Å²) in [4.78, 5) is 25.2. The number of carbonyl (C=O) groups is 2. The third kappa shape index (κ3) is 3.71. The molecule has 7 heteroatoms. The molecule has 1 aliphatic carbocycles. The molecule has 1 saturated carbocycles. The standard InChI is InChI=1S/C23H23ClN4O2/c1-13-7-10-16(11-19(13)24)28-21(15-8-9-15)18(12-26-28)23(30)27-20-6-4-5-17(14(20)2)22(29)25-3/h4-7,10-12,15H,8-9H2,1-3H3,(H,25,29)(H,27,30). The van der Waals surface area contributed by atoms with Crippen LogP contribution in [0.2, 0.25) is 5.02 Å². The van der Waals surface area contributed by atoms with E-state index in [4.69, 9.17) is 11.6 Å². The predicted molar refractivity (Wildman–Crippen MR) is 118 cm³/mol. The lowest BCUT2D eigenvalue weighted by Gasteiger charge is -2.13. The number of anilines is 1. The second kappa shape index (κ2) is 7.95. The number of hydrogen-bond acceptors (Lipinski definition) is 3. The first-order chi connectivity index (χ1) is 14.4. The Morgan fingerprint density at radius 1 is 1.10 bits per heavy atom. The lowest BCUT2D eigenvalue weighted by molar-refractivity contribution is 0.0960. The van der Waals surface area contributed by atoms with Crippen LogP contribution in [0.4, 0.5) is 5.69 Å². The van der Waals surface area contributed by atoms with Crippen LogP contribution in [0.1, 0.15) is 56.3 Å². The van der Waals surface area contributed by atoms with Crippen LogP contribution in [0.25, 0.3) is 5.69 Å². The quantitative estimate of drug-likeness (QED) is 0.629. The van der Waals surface area contributed by atoms with Gasteiger partial charge >= 0.3 is 0 Å². The molecule has 4 rings (SSSR count). The molecule has 0 aliphatic heterocycles. The summed E-state index contributed by atoms with van der Waals surface area (Å²) in [6.45, 7) is 3.77. The number of amides is 2. The van der Waals surface area contributed by atoms with Gasteiger partial charge in [0.25, 0.3) is 11.8 Å². The number of halogens is 1. The highest BCUT2D eigenvalue weighted by molar-refractivity contribution is 6.31. The Morgan fingerprint density at radius 2 is 1.87 bits per heavy atom. The summed E-state index contributed by atoms with van der Waals surface area (Å²) in [5.41, 5.74) is 5.12. The maximum Gasteiger partial charge on any atom is 0.259 e. The summed E-state index contributed by atoms with van der Waals surface area (Å²) in [6, 6.07) is 11.1. The molecular formula is C23H23ClN4O2. The number of aromatic nitrogens is 2. The van der Waals surface area contributed by atoms with Gasteiger partial charge in [-0.2, -0.15) is 5.10 Å². The molecule has 2 amide bonds. The number of aryl methyl sites for hydroxylation is 1. The summed E-state index contributed by atoms with van der Waals surface area (Å²) in [7, 11) is 1.58. The number of hydrogen-bond donors (Lipinski definition) is 2. The number of carbonyl (C=O) groups excluding carboxylic acids is 2. The second-order valence-corrected chi connectivity index (χ2v) is 7.98. The number of benzene rings is 2. The third-order valence-corrected chi connectivity index (χ3v) is 5.88. The maximum absolute atomic E-state index is 13.1. The van der Waals surface area contributed by atoms with Crippen LogP contribution in [-0.4, -0.2) is 28.6 Å². The smallest absolute Gasteiger partial charge is 0.259 e. The average molecular weight is 423 g/mol. The predicted octanol–water partition coefficient (Wildman–Crippen LogP) is 4.63. The van der Waals surface area contributed by atoms with Gasteiger partial charge in [-0.1, -0.05) is 23.7 Å². The first-order valence-electron chi connectivity index (χ1n) is 9.88. The van der Waals surface area contributed by atoms with E-state index in [1.807, 2.05) is 36.7 Å². The minimum Gasteiger partial charge on any atom is -0.355 e. The Kier molecular flexibility index (Phi) is 5.35. The molecule has 1 aromatic heterocycles. The summed E-state index contributed by atoms with van der Waals surface area (Å²) in [5, 5.41) is 10.7. The molecule has 1 heterocycles. The van der Waals surface area contributed by atoms with Gasteiger partial charge in [0, 0.05) is 29.2 Å².